The first-order valence-corrected chi connectivity index (χ1v) is 11.1. The number of hydrogen-bond acceptors (Lipinski definition) is 3. The number of aromatic nitrogens is 1. The lowest BCUT2D eigenvalue weighted by Crippen LogP contribution is -2.07. The van der Waals surface area contributed by atoms with Gasteiger partial charge in [-0.25, -0.2) is 0 Å². The lowest BCUT2D eigenvalue weighted by atomic mass is 9.91. The molecule has 0 radical (unpaired) electrons. The summed E-state index contributed by atoms with van der Waals surface area (Å²) in [5, 5.41) is 0. The molecule has 0 saturated carbocycles. The summed E-state index contributed by atoms with van der Waals surface area (Å²) < 4.78 is 12.0. The van der Waals surface area contributed by atoms with Crippen LogP contribution in [0.4, 0.5) is 0 Å². The van der Waals surface area contributed by atoms with E-state index in [0.29, 0.717) is 6.61 Å². The number of rotatable bonds is 7. The molecule has 156 valence electrons. The molecule has 1 aromatic heterocycles. The van der Waals surface area contributed by atoms with E-state index in [1.54, 1.807) is 7.11 Å². The lowest BCUT2D eigenvalue weighted by Gasteiger charge is -2.20. The van der Waals surface area contributed by atoms with Crippen LogP contribution >= 0.6 is 0 Å². The Morgan fingerprint density at radius 1 is 0.867 bits per heavy atom. The van der Waals surface area contributed by atoms with E-state index in [4.69, 9.17) is 14.5 Å². The molecule has 1 aliphatic rings. The normalized spacial score (nSPS) is 13.0. The van der Waals surface area contributed by atoms with Crippen molar-refractivity contribution in [1.82, 2.24) is 4.98 Å². The van der Waals surface area contributed by atoms with Gasteiger partial charge >= 0.3 is 0 Å². The van der Waals surface area contributed by atoms with Gasteiger partial charge in [0, 0.05) is 23.4 Å². The fourth-order valence-corrected chi connectivity index (χ4v) is 4.51. The van der Waals surface area contributed by atoms with E-state index in [9.17, 15) is 0 Å². The molecule has 1 heterocycles. The third-order valence-corrected chi connectivity index (χ3v) is 6.15. The highest BCUT2D eigenvalue weighted by molar-refractivity contribution is 5.69. The van der Waals surface area contributed by atoms with E-state index in [0.717, 1.165) is 48.4 Å². The average molecular weight is 402 g/mol. The van der Waals surface area contributed by atoms with Gasteiger partial charge in [0.1, 0.15) is 18.1 Å². The molecule has 1 aliphatic carbocycles. The molecule has 0 unspecified atom stereocenters. The van der Waals surface area contributed by atoms with E-state index >= 15 is 0 Å². The van der Waals surface area contributed by atoms with Crippen molar-refractivity contribution in [2.45, 2.75) is 59.0 Å². The van der Waals surface area contributed by atoms with Crippen molar-refractivity contribution in [3.05, 3.63) is 76.5 Å². The predicted octanol–water partition coefficient (Wildman–Crippen LogP) is 6.34. The highest BCUT2D eigenvalue weighted by Gasteiger charge is 2.16. The molecule has 0 atom stereocenters. The Morgan fingerprint density at radius 2 is 1.60 bits per heavy atom. The van der Waals surface area contributed by atoms with Crippen LogP contribution < -0.4 is 9.47 Å². The largest absolute Gasteiger partial charge is 0.496 e. The van der Waals surface area contributed by atoms with Gasteiger partial charge in [-0.2, -0.15) is 0 Å². The molecule has 0 spiro atoms. The Morgan fingerprint density at radius 3 is 2.33 bits per heavy atom. The Kier molecular flexibility index (Phi) is 6.37. The summed E-state index contributed by atoms with van der Waals surface area (Å²) in [6.07, 6.45) is 8.65. The van der Waals surface area contributed by atoms with Crippen molar-refractivity contribution in [2.24, 2.45) is 0 Å². The van der Waals surface area contributed by atoms with Crippen LogP contribution in [0.25, 0.3) is 11.3 Å². The minimum Gasteiger partial charge on any atom is -0.496 e. The Balaban J connectivity index is 1.62. The van der Waals surface area contributed by atoms with Crippen molar-refractivity contribution >= 4 is 0 Å². The zero-order valence-electron chi connectivity index (χ0n) is 18.3. The Labute approximate surface area is 180 Å². The molecule has 0 aliphatic heterocycles. The third kappa shape index (κ3) is 4.07. The van der Waals surface area contributed by atoms with Gasteiger partial charge in [0.2, 0.25) is 0 Å². The standard InChI is InChI=1S/C27H31NO2/c1-4-19-11-8-12-20(5-2)27(19)24-16-26(29-3)22(17-28-24)18-30-25-15-9-13-21-10-6-7-14-23(21)25/h8-9,11-13,15-17H,4-7,10,14,18H2,1-3H3. The van der Waals surface area contributed by atoms with Crippen LogP contribution in [-0.2, 0) is 32.3 Å². The number of pyridine rings is 1. The summed E-state index contributed by atoms with van der Waals surface area (Å²) in [5.74, 6) is 1.83. The van der Waals surface area contributed by atoms with Gasteiger partial charge in [0.05, 0.1) is 12.8 Å². The topological polar surface area (TPSA) is 31.4 Å². The van der Waals surface area contributed by atoms with Gasteiger partial charge in [-0.05, 0) is 66.8 Å². The SMILES string of the molecule is CCc1cccc(CC)c1-c1cc(OC)c(COc2cccc3c2CCCC3)cn1. The van der Waals surface area contributed by atoms with Crippen molar-refractivity contribution in [2.75, 3.05) is 7.11 Å². The summed E-state index contributed by atoms with van der Waals surface area (Å²) in [4.78, 5) is 4.81. The molecular formula is C27H31NO2. The molecule has 2 aromatic carbocycles. The number of aryl methyl sites for hydroxylation is 3. The van der Waals surface area contributed by atoms with Gasteiger partial charge < -0.3 is 9.47 Å². The molecule has 3 nitrogen and oxygen atoms in total. The second-order valence-electron chi connectivity index (χ2n) is 7.93. The number of ether oxygens (including phenoxy) is 2. The van der Waals surface area contributed by atoms with Gasteiger partial charge in [-0.1, -0.05) is 44.2 Å². The molecule has 0 amide bonds. The van der Waals surface area contributed by atoms with Gasteiger partial charge in [-0.3, -0.25) is 4.98 Å². The van der Waals surface area contributed by atoms with Crippen LogP contribution in [0.1, 0.15) is 54.5 Å². The smallest absolute Gasteiger partial charge is 0.129 e. The second-order valence-corrected chi connectivity index (χ2v) is 7.93. The number of nitrogens with zero attached hydrogens (tertiary/aromatic N) is 1. The van der Waals surface area contributed by atoms with E-state index in [-0.39, 0.29) is 0 Å². The third-order valence-electron chi connectivity index (χ3n) is 6.15. The van der Waals surface area contributed by atoms with Crippen LogP contribution in [0.5, 0.6) is 11.5 Å². The molecule has 0 bridgehead atoms. The number of methoxy groups -OCH3 is 1. The first-order chi connectivity index (χ1) is 14.7. The van der Waals surface area contributed by atoms with Crippen molar-refractivity contribution in [1.29, 1.82) is 0 Å². The molecular weight excluding hydrogens is 370 g/mol. The summed E-state index contributed by atoms with van der Waals surface area (Å²) >= 11 is 0. The highest BCUT2D eigenvalue weighted by atomic mass is 16.5. The van der Waals surface area contributed by atoms with E-state index < -0.39 is 0 Å². The van der Waals surface area contributed by atoms with Crippen LogP contribution in [0.15, 0.2) is 48.7 Å². The quantitative estimate of drug-likeness (QED) is 0.463. The van der Waals surface area contributed by atoms with Crippen LogP contribution in [0.3, 0.4) is 0 Å². The van der Waals surface area contributed by atoms with Crippen molar-refractivity contribution in [3.63, 3.8) is 0 Å². The molecule has 0 N–H and O–H groups in total. The molecule has 3 aromatic rings. The molecule has 0 saturated heterocycles. The van der Waals surface area contributed by atoms with E-state index in [1.807, 2.05) is 6.20 Å². The fourth-order valence-electron chi connectivity index (χ4n) is 4.51. The van der Waals surface area contributed by atoms with Crippen molar-refractivity contribution in [3.8, 4) is 22.8 Å². The Hall–Kier alpha value is -2.81. The van der Waals surface area contributed by atoms with Crippen LogP contribution in [0, 0.1) is 0 Å². The lowest BCUT2D eigenvalue weighted by molar-refractivity contribution is 0.292. The zero-order chi connectivity index (χ0) is 20.9. The maximum atomic E-state index is 6.25. The maximum absolute atomic E-state index is 6.25. The Bertz CT molecular complexity index is 1000. The summed E-state index contributed by atoms with van der Waals surface area (Å²) in [6.45, 7) is 4.85. The number of hydrogen-bond donors (Lipinski definition) is 0. The predicted molar refractivity (Wildman–Crippen MR) is 122 cm³/mol. The molecule has 3 heteroatoms. The van der Waals surface area contributed by atoms with E-state index in [2.05, 4.69) is 56.3 Å². The van der Waals surface area contributed by atoms with Crippen LogP contribution in [-0.4, -0.2) is 12.1 Å². The van der Waals surface area contributed by atoms with Crippen molar-refractivity contribution < 1.29 is 9.47 Å². The molecule has 4 rings (SSSR count). The highest BCUT2D eigenvalue weighted by Crippen LogP contribution is 2.33. The first-order valence-electron chi connectivity index (χ1n) is 11.1. The first kappa shape index (κ1) is 20.5. The van der Waals surface area contributed by atoms with Gasteiger partial charge in [0.25, 0.3) is 0 Å². The van der Waals surface area contributed by atoms with Crippen LogP contribution in [0.2, 0.25) is 0 Å². The summed E-state index contributed by atoms with van der Waals surface area (Å²) in [5.41, 5.74) is 8.64. The van der Waals surface area contributed by atoms with Gasteiger partial charge in [-0.15, -0.1) is 0 Å². The number of benzene rings is 2. The second kappa shape index (κ2) is 9.34. The fraction of sp³-hybridized carbons (Fsp3) is 0.370. The molecule has 30 heavy (non-hydrogen) atoms. The minimum atomic E-state index is 0.461. The minimum absolute atomic E-state index is 0.461. The summed E-state index contributed by atoms with van der Waals surface area (Å²) in [6, 6.07) is 15.0. The monoisotopic (exact) mass is 401 g/mol. The molecule has 0 fully saturated rings. The summed E-state index contributed by atoms with van der Waals surface area (Å²) in [7, 11) is 1.72. The zero-order valence-corrected chi connectivity index (χ0v) is 18.3. The number of fused-ring (bicyclic) bond motifs is 1. The maximum Gasteiger partial charge on any atom is 0.129 e. The average Bonchev–Trinajstić information content (AvgIpc) is 2.82. The van der Waals surface area contributed by atoms with E-state index in [1.165, 1.54) is 40.7 Å². The van der Waals surface area contributed by atoms with Gasteiger partial charge in [0.15, 0.2) is 0 Å².